The average Bonchev–Trinajstić information content (AvgIpc) is 2.41. The van der Waals surface area contributed by atoms with Crippen LogP contribution in [0.15, 0.2) is 30.3 Å². The molecule has 1 unspecified atom stereocenters. The maximum atomic E-state index is 11.6. The molecule has 4 nitrogen and oxygen atoms in total. The number of amides is 1. The Morgan fingerprint density at radius 2 is 2.00 bits per heavy atom. The molecule has 1 rings (SSSR count). The third kappa shape index (κ3) is 6.29. The van der Waals surface area contributed by atoms with Crippen LogP contribution in [0.4, 0.5) is 0 Å². The predicted molar refractivity (Wildman–Crippen MR) is 77.2 cm³/mol. The van der Waals surface area contributed by atoms with Crippen LogP contribution in [-0.4, -0.2) is 30.3 Å². The van der Waals surface area contributed by atoms with Gasteiger partial charge in [-0.05, 0) is 18.4 Å². The fourth-order valence-corrected chi connectivity index (χ4v) is 1.86. The van der Waals surface area contributed by atoms with Gasteiger partial charge in [-0.2, -0.15) is 12.6 Å². The molecule has 0 bridgehead atoms. The van der Waals surface area contributed by atoms with E-state index in [1.165, 1.54) is 12.5 Å². The Labute approximate surface area is 118 Å². The van der Waals surface area contributed by atoms with E-state index in [1.807, 2.05) is 30.3 Å². The fraction of sp³-hybridized carbons (Fsp3) is 0.429. The Kier molecular flexibility index (Phi) is 7.03. The van der Waals surface area contributed by atoms with Gasteiger partial charge in [-0.15, -0.1) is 0 Å². The third-order valence-corrected chi connectivity index (χ3v) is 2.91. The summed E-state index contributed by atoms with van der Waals surface area (Å²) in [6.07, 6.45) is 1.62. The van der Waals surface area contributed by atoms with Gasteiger partial charge in [-0.1, -0.05) is 30.3 Å². The molecule has 0 heterocycles. The minimum Gasteiger partial charge on any atom is -0.464 e. The minimum absolute atomic E-state index is 0.233. The van der Waals surface area contributed by atoms with E-state index in [0.717, 1.165) is 12.8 Å². The number of nitrogens with one attached hydrogen (secondary N) is 1. The summed E-state index contributed by atoms with van der Waals surface area (Å²) in [5.74, 6) is -0.463. The van der Waals surface area contributed by atoms with Crippen molar-refractivity contribution in [3.8, 4) is 0 Å². The molecule has 19 heavy (non-hydrogen) atoms. The Balaban J connectivity index is 2.24. The highest BCUT2D eigenvalue weighted by atomic mass is 32.1. The maximum absolute atomic E-state index is 11.6. The van der Waals surface area contributed by atoms with Crippen molar-refractivity contribution in [3.63, 3.8) is 0 Å². The first-order valence-corrected chi connectivity index (χ1v) is 6.85. The Hall–Kier alpha value is -1.49. The van der Waals surface area contributed by atoms with E-state index in [9.17, 15) is 9.59 Å². The van der Waals surface area contributed by atoms with Crippen LogP contribution in [0.5, 0.6) is 0 Å². The lowest BCUT2D eigenvalue weighted by molar-refractivity contribution is -0.147. The summed E-state index contributed by atoms with van der Waals surface area (Å²) in [4.78, 5) is 22.5. The van der Waals surface area contributed by atoms with E-state index >= 15 is 0 Å². The van der Waals surface area contributed by atoms with Crippen molar-refractivity contribution in [3.05, 3.63) is 35.9 Å². The Bertz CT molecular complexity index is 408. The summed E-state index contributed by atoms with van der Waals surface area (Å²) in [6.45, 7) is 1.71. The average molecular weight is 281 g/mol. The molecule has 0 spiro atoms. The zero-order valence-corrected chi connectivity index (χ0v) is 11.9. The van der Waals surface area contributed by atoms with Crippen molar-refractivity contribution in [2.75, 3.05) is 12.4 Å². The van der Waals surface area contributed by atoms with E-state index < -0.39 is 12.0 Å². The molecule has 0 saturated carbocycles. The molecular weight excluding hydrogens is 262 g/mol. The van der Waals surface area contributed by atoms with E-state index in [-0.39, 0.29) is 11.7 Å². The zero-order valence-electron chi connectivity index (χ0n) is 11.0. The molecule has 104 valence electrons. The van der Waals surface area contributed by atoms with Crippen LogP contribution in [0.3, 0.4) is 0 Å². The number of ether oxygens (including phenoxy) is 1. The third-order valence-electron chi connectivity index (χ3n) is 2.54. The second-order valence-electron chi connectivity index (χ2n) is 4.19. The van der Waals surface area contributed by atoms with Gasteiger partial charge in [0.2, 0.25) is 5.91 Å². The lowest BCUT2D eigenvalue weighted by Gasteiger charge is -2.14. The molecule has 1 N–H and O–H groups in total. The van der Waals surface area contributed by atoms with E-state index in [1.54, 1.807) is 0 Å². The molecule has 1 amide bonds. The van der Waals surface area contributed by atoms with Gasteiger partial charge in [0, 0.05) is 12.7 Å². The summed E-state index contributed by atoms with van der Waals surface area (Å²) in [5.41, 5.74) is 1.21. The van der Waals surface area contributed by atoms with Crippen LogP contribution in [0.25, 0.3) is 0 Å². The number of rotatable bonds is 7. The molecule has 0 saturated heterocycles. The quantitative estimate of drug-likeness (QED) is 0.453. The molecular formula is C14H19NO3S. The first kappa shape index (κ1) is 15.6. The van der Waals surface area contributed by atoms with Crippen molar-refractivity contribution < 1.29 is 14.3 Å². The van der Waals surface area contributed by atoms with Crippen molar-refractivity contribution >= 4 is 24.5 Å². The van der Waals surface area contributed by atoms with Crippen LogP contribution in [-0.2, 0) is 20.7 Å². The number of benzene rings is 1. The number of thiol groups is 1. The van der Waals surface area contributed by atoms with Gasteiger partial charge in [0.05, 0.1) is 6.61 Å². The number of aryl methyl sites for hydroxylation is 1. The highest BCUT2D eigenvalue weighted by molar-refractivity contribution is 7.80. The number of hydrogen-bond donors (Lipinski definition) is 2. The number of esters is 1. The molecule has 0 aliphatic rings. The maximum Gasteiger partial charge on any atom is 0.329 e. The lowest BCUT2D eigenvalue weighted by Crippen LogP contribution is -2.42. The molecule has 0 aliphatic carbocycles. The van der Waals surface area contributed by atoms with E-state index in [2.05, 4.69) is 17.9 Å². The normalized spacial score (nSPS) is 11.7. The second kappa shape index (κ2) is 8.58. The SMILES string of the molecule is CC(=O)NC(CS)C(=O)OCCCc1ccccc1. The van der Waals surface area contributed by atoms with E-state index in [0.29, 0.717) is 6.61 Å². The van der Waals surface area contributed by atoms with Gasteiger partial charge < -0.3 is 10.1 Å². The summed E-state index contributed by atoms with van der Waals surface area (Å²) in [5, 5.41) is 2.50. The topological polar surface area (TPSA) is 55.4 Å². The zero-order chi connectivity index (χ0) is 14.1. The predicted octanol–water partition coefficient (Wildman–Crippen LogP) is 1.60. The molecule has 1 aromatic rings. The Morgan fingerprint density at radius 1 is 1.32 bits per heavy atom. The van der Waals surface area contributed by atoms with Gasteiger partial charge in [-0.3, -0.25) is 4.79 Å². The summed E-state index contributed by atoms with van der Waals surface area (Å²) in [6, 6.07) is 9.33. The van der Waals surface area contributed by atoms with Gasteiger partial charge in [0.1, 0.15) is 6.04 Å². The van der Waals surface area contributed by atoms with E-state index in [4.69, 9.17) is 4.74 Å². The molecule has 1 atom stereocenters. The summed E-state index contributed by atoms with van der Waals surface area (Å²) >= 11 is 4.02. The number of carbonyl (C=O) groups is 2. The van der Waals surface area contributed by atoms with Gasteiger partial charge in [0.15, 0.2) is 0 Å². The Morgan fingerprint density at radius 3 is 2.58 bits per heavy atom. The summed E-state index contributed by atoms with van der Waals surface area (Å²) < 4.78 is 5.12. The highest BCUT2D eigenvalue weighted by Gasteiger charge is 2.18. The highest BCUT2D eigenvalue weighted by Crippen LogP contribution is 2.03. The van der Waals surface area contributed by atoms with Gasteiger partial charge in [0.25, 0.3) is 0 Å². The van der Waals surface area contributed by atoms with Crippen molar-refractivity contribution in [2.24, 2.45) is 0 Å². The van der Waals surface area contributed by atoms with Crippen LogP contribution >= 0.6 is 12.6 Å². The minimum atomic E-state index is -0.669. The first-order valence-electron chi connectivity index (χ1n) is 6.22. The van der Waals surface area contributed by atoms with Crippen molar-refractivity contribution in [2.45, 2.75) is 25.8 Å². The molecule has 0 aliphatic heterocycles. The number of carbonyl (C=O) groups excluding carboxylic acids is 2. The standard InChI is InChI=1S/C14H19NO3S/c1-11(16)15-13(10-19)14(17)18-9-5-8-12-6-3-2-4-7-12/h2-4,6-7,13,19H,5,8-10H2,1H3,(H,15,16). The van der Waals surface area contributed by atoms with Crippen LogP contribution in [0.1, 0.15) is 18.9 Å². The molecule has 5 heteroatoms. The van der Waals surface area contributed by atoms with Gasteiger partial charge >= 0.3 is 5.97 Å². The molecule has 0 aromatic heterocycles. The molecule has 0 fully saturated rings. The lowest BCUT2D eigenvalue weighted by atomic mass is 10.1. The van der Waals surface area contributed by atoms with Crippen LogP contribution < -0.4 is 5.32 Å². The largest absolute Gasteiger partial charge is 0.464 e. The first-order chi connectivity index (χ1) is 9.13. The second-order valence-corrected chi connectivity index (χ2v) is 4.56. The van der Waals surface area contributed by atoms with Gasteiger partial charge in [-0.25, -0.2) is 4.79 Å². The van der Waals surface area contributed by atoms with Crippen LogP contribution in [0.2, 0.25) is 0 Å². The number of hydrogen-bond acceptors (Lipinski definition) is 4. The van der Waals surface area contributed by atoms with Crippen LogP contribution in [0, 0.1) is 0 Å². The fourth-order valence-electron chi connectivity index (χ4n) is 1.62. The summed E-state index contributed by atoms with van der Waals surface area (Å²) in [7, 11) is 0. The van der Waals surface area contributed by atoms with Crippen molar-refractivity contribution in [1.29, 1.82) is 0 Å². The molecule has 1 aromatic carbocycles. The molecule has 0 radical (unpaired) electrons. The smallest absolute Gasteiger partial charge is 0.329 e. The van der Waals surface area contributed by atoms with Crippen molar-refractivity contribution in [1.82, 2.24) is 5.32 Å². The monoisotopic (exact) mass is 281 g/mol.